The Labute approximate surface area is 179 Å². The van der Waals surface area contributed by atoms with E-state index in [1.165, 1.54) is 4.90 Å². The average molecular weight is 419 g/mol. The summed E-state index contributed by atoms with van der Waals surface area (Å²) >= 11 is 1.71. The van der Waals surface area contributed by atoms with Gasteiger partial charge in [-0.1, -0.05) is 42.1 Å². The van der Waals surface area contributed by atoms with Crippen LogP contribution in [0.15, 0.2) is 85.7 Å². The Bertz CT molecular complexity index is 1230. The maximum absolute atomic E-state index is 12.7. The molecular formula is C25H22O4S. The van der Waals surface area contributed by atoms with Crippen molar-refractivity contribution in [3.63, 3.8) is 0 Å². The van der Waals surface area contributed by atoms with Gasteiger partial charge in [0.05, 0.1) is 19.6 Å². The second-order valence-electron chi connectivity index (χ2n) is 6.93. The highest BCUT2D eigenvalue weighted by Gasteiger charge is 2.17. The minimum absolute atomic E-state index is 0.335. The van der Waals surface area contributed by atoms with E-state index in [0.717, 1.165) is 21.4 Å². The monoisotopic (exact) mass is 418 g/mol. The van der Waals surface area contributed by atoms with E-state index in [4.69, 9.17) is 13.9 Å². The Kier molecular flexibility index (Phi) is 5.81. The first-order chi connectivity index (χ1) is 14.6. The lowest BCUT2D eigenvalue weighted by Gasteiger charge is -2.13. The van der Waals surface area contributed by atoms with Crippen LogP contribution in [0.2, 0.25) is 0 Å². The van der Waals surface area contributed by atoms with Gasteiger partial charge in [-0.15, -0.1) is 0 Å². The maximum Gasteiger partial charge on any atom is 0.340 e. The van der Waals surface area contributed by atoms with E-state index in [1.54, 1.807) is 38.1 Å². The van der Waals surface area contributed by atoms with Crippen LogP contribution in [0.3, 0.4) is 0 Å². The first-order valence-electron chi connectivity index (χ1n) is 9.59. The first kappa shape index (κ1) is 20.1. The van der Waals surface area contributed by atoms with E-state index >= 15 is 0 Å². The number of aryl methyl sites for hydroxylation is 1. The Hall–Kier alpha value is -3.18. The van der Waals surface area contributed by atoms with Crippen molar-refractivity contribution in [1.29, 1.82) is 0 Å². The molecule has 30 heavy (non-hydrogen) atoms. The summed E-state index contributed by atoms with van der Waals surface area (Å²) < 4.78 is 16.4. The van der Waals surface area contributed by atoms with Gasteiger partial charge in [-0.05, 0) is 42.3 Å². The maximum atomic E-state index is 12.7. The molecular weight excluding hydrogens is 396 g/mol. The quantitative estimate of drug-likeness (QED) is 0.367. The molecule has 0 aliphatic carbocycles. The number of methoxy groups -OCH3 is 2. The predicted octanol–water partition coefficient (Wildman–Crippen LogP) is 5.86. The number of rotatable bonds is 6. The third kappa shape index (κ3) is 4.07. The fourth-order valence-corrected chi connectivity index (χ4v) is 4.31. The Balaban J connectivity index is 1.66. The molecule has 0 N–H and O–H groups in total. The van der Waals surface area contributed by atoms with Crippen LogP contribution in [-0.4, -0.2) is 14.2 Å². The average Bonchev–Trinajstić information content (AvgIpc) is 2.77. The van der Waals surface area contributed by atoms with Crippen molar-refractivity contribution in [2.45, 2.75) is 23.1 Å². The third-order valence-electron chi connectivity index (χ3n) is 5.06. The van der Waals surface area contributed by atoms with Crippen LogP contribution >= 0.6 is 11.8 Å². The predicted molar refractivity (Wildman–Crippen MR) is 120 cm³/mol. The molecule has 4 rings (SSSR count). The van der Waals surface area contributed by atoms with E-state index in [0.29, 0.717) is 29.1 Å². The van der Waals surface area contributed by atoms with Crippen molar-refractivity contribution < 1.29 is 13.9 Å². The summed E-state index contributed by atoms with van der Waals surface area (Å²) in [4.78, 5) is 15.1. The second-order valence-corrected chi connectivity index (χ2v) is 8.08. The zero-order valence-corrected chi connectivity index (χ0v) is 17.9. The van der Waals surface area contributed by atoms with Gasteiger partial charge >= 0.3 is 5.63 Å². The van der Waals surface area contributed by atoms with Crippen molar-refractivity contribution in [2.75, 3.05) is 14.2 Å². The van der Waals surface area contributed by atoms with Crippen molar-refractivity contribution in [3.05, 3.63) is 93.8 Å². The fraction of sp³-hybridized carbons (Fsp3) is 0.160. The molecule has 0 atom stereocenters. The molecule has 0 spiro atoms. The summed E-state index contributed by atoms with van der Waals surface area (Å²) in [6.45, 7) is 1.93. The highest BCUT2D eigenvalue weighted by molar-refractivity contribution is 7.99. The Morgan fingerprint density at radius 2 is 1.60 bits per heavy atom. The Morgan fingerprint density at radius 3 is 2.27 bits per heavy atom. The van der Waals surface area contributed by atoms with E-state index in [1.807, 2.05) is 25.1 Å². The third-order valence-corrected chi connectivity index (χ3v) is 6.07. The van der Waals surface area contributed by atoms with Gasteiger partial charge in [0.15, 0.2) is 0 Å². The van der Waals surface area contributed by atoms with Crippen LogP contribution in [0.1, 0.15) is 16.7 Å². The normalized spacial score (nSPS) is 10.9. The van der Waals surface area contributed by atoms with Crippen LogP contribution in [0.25, 0.3) is 11.0 Å². The van der Waals surface area contributed by atoms with Crippen molar-refractivity contribution in [3.8, 4) is 11.5 Å². The largest absolute Gasteiger partial charge is 0.496 e. The fourth-order valence-electron chi connectivity index (χ4n) is 3.47. The van der Waals surface area contributed by atoms with Crippen molar-refractivity contribution in [2.24, 2.45) is 0 Å². The minimum atomic E-state index is -0.335. The molecule has 5 heteroatoms. The lowest BCUT2D eigenvalue weighted by atomic mass is 9.99. The van der Waals surface area contributed by atoms with E-state index < -0.39 is 0 Å². The number of ether oxygens (including phenoxy) is 2. The van der Waals surface area contributed by atoms with Gasteiger partial charge in [0, 0.05) is 33.9 Å². The minimum Gasteiger partial charge on any atom is -0.496 e. The smallest absolute Gasteiger partial charge is 0.340 e. The van der Waals surface area contributed by atoms with Crippen molar-refractivity contribution in [1.82, 2.24) is 0 Å². The molecule has 0 bridgehead atoms. The standard InChI is InChI=1S/C25H22O4S/c1-16-21(25(26)29-23-15-18(27-2)14-22(28-3)24(16)23)13-17-9-11-20(12-10-17)30-19-7-5-4-6-8-19/h4-12,14-15H,13H2,1-3H3. The molecule has 0 amide bonds. The number of fused-ring (bicyclic) bond motifs is 1. The molecule has 4 nitrogen and oxygen atoms in total. The van der Waals surface area contributed by atoms with Gasteiger partial charge in [0.2, 0.25) is 0 Å². The molecule has 1 heterocycles. The highest BCUT2D eigenvalue weighted by atomic mass is 32.2. The molecule has 0 radical (unpaired) electrons. The summed E-state index contributed by atoms with van der Waals surface area (Å²) in [7, 11) is 3.17. The lowest BCUT2D eigenvalue weighted by molar-refractivity contribution is 0.395. The zero-order valence-electron chi connectivity index (χ0n) is 17.1. The molecule has 0 aliphatic heterocycles. The summed E-state index contributed by atoms with van der Waals surface area (Å²) in [5, 5.41) is 0.796. The summed E-state index contributed by atoms with van der Waals surface area (Å²) in [6.07, 6.45) is 0.496. The lowest BCUT2D eigenvalue weighted by Crippen LogP contribution is -2.11. The van der Waals surface area contributed by atoms with Gasteiger partial charge in [-0.2, -0.15) is 0 Å². The van der Waals surface area contributed by atoms with E-state index in [2.05, 4.69) is 36.4 Å². The van der Waals surface area contributed by atoms with E-state index in [9.17, 15) is 4.79 Å². The van der Waals surface area contributed by atoms with Gasteiger partial charge in [-0.3, -0.25) is 0 Å². The SMILES string of the molecule is COc1cc(OC)c2c(C)c(Cc3ccc(Sc4ccccc4)cc3)c(=O)oc2c1. The van der Waals surface area contributed by atoms with Crippen LogP contribution in [0.4, 0.5) is 0 Å². The molecule has 0 saturated heterocycles. The van der Waals surface area contributed by atoms with Crippen LogP contribution in [0.5, 0.6) is 11.5 Å². The first-order valence-corrected chi connectivity index (χ1v) is 10.4. The molecule has 1 aromatic heterocycles. The van der Waals surface area contributed by atoms with Gasteiger partial charge < -0.3 is 13.9 Å². The molecule has 0 saturated carbocycles. The number of hydrogen-bond donors (Lipinski definition) is 0. The summed E-state index contributed by atoms with van der Waals surface area (Å²) in [6, 6.07) is 22.0. The molecule has 0 fully saturated rings. The molecule has 3 aromatic carbocycles. The number of benzene rings is 3. The zero-order chi connectivity index (χ0) is 21.1. The summed E-state index contributed by atoms with van der Waals surface area (Å²) in [5.74, 6) is 1.21. The highest BCUT2D eigenvalue weighted by Crippen LogP contribution is 2.34. The number of hydrogen-bond acceptors (Lipinski definition) is 5. The topological polar surface area (TPSA) is 48.7 Å². The molecule has 152 valence electrons. The molecule has 4 aromatic rings. The van der Waals surface area contributed by atoms with Crippen molar-refractivity contribution >= 4 is 22.7 Å². The van der Waals surface area contributed by atoms with Crippen LogP contribution in [-0.2, 0) is 6.42 Å². The van der Waals surface area contributed by atoms with Gasteiger partial charge in [0.25, 0.3) is 0 Å². The van der Waals surface area contributed by atoms with E-state index in [-0.39, 0.29) is 5.63 Å². The van der Waals surface area contributed by atoms with Crippen LogP contribution in [0, 0.1) is 6.92 Å². The second kappa shape index (κ2) is 8.67. The van der Waals surface area contributed by atoms with Gasteiger partial charge in [0.1, 0.15) is 17.1 Å². The van der Waals surface area contributed by atoms with Gasteiger partial charge in [-0.25, -0.2) is 4.79 Å². The van der Waals surface area contributed by atoms with Crippen LogP contribution < -0.4 is 15.1 Å². The molecule has 0 unspecified atom stereocenters. The molecule has 0 aliphatic rings. The Morgan fingerprint density at radius 1 is 0.900 bits per heavy atom. The summed E-state index contributed by atoms with van der Waals surface area (Å²) in [5.41, 5.74) is 2.68.